The number of aromatic amines is 1. The molecule has 0 spiro atoms. The normalized spacial score (nSPS) is 11.2. The molecule has 0 radical (unpaired) electrons. The Hall–Kier alpha value is -2.92. The van der Waals surface area contributed by atoms with Gasteiger partial charge in [-0.25, -0.2) is 9.97 Å². The van der Waals surface area contributed by atoms with E-state index in [9.17, 15) is 0 Å². The highest BCUT2D eigenvalue weighted by Crippen LogP contribution is 2.31. The molecule has 5 nitrogen and oxygen atoms in total. The molecule has 5 heteroatoms. The Kier molecular flexibility index (Phi) is 3.40. The Morgan fingerprint density at radius 1 is 1.04 bits per heavy atom. The lowest BCUT2D eigenvalue weighted by Gasteiger charge is -2.09. The van der Waals surface area contributed by atoms with Gasteiger partial charge in [-0.05, 0) is 35.4 Å². The van der Waals surface area contributed by atoms with Crippen LogP contribution in [-0.2, 0) is 0 Å². The first-order valence-electron chi connectivity index (χ1n) is 7.53. The molecule has 0 bridgehead atoms. The fourth-order valence-corrected chi connectivity index (χ4v) is 2.88. The minimum atomic E-state index is 0.0633. The van der Waals surface area contributed by atoms with Crippen LogP contribution in [0, 0.1) is 0 Å². The van der Waals surface area contributed by atoms with E-state index in [1.165, 1.54) is 17.3 Å². The summed E-state index contributed by atoms with van der Waals surface area (Å²) in [6, 6.07) is 14.5. The molecule has 0 saturated heterocycles. The third-order valence-electron chi connectivity index (χ3n) is 3.95. The van der Waals surface area contributed by atoms with E-state index in [0.29, 0.717) is 6.54 Å². The average molecular weight is 304 g/mol. The summed E-state index contributed by atoms with van der Waals surface area (Å²) in [5.41, 5.74) is 4.28. The first kappa shape index (κ1) is 13.7. The van der Waals surface area contributed by atoms with Gasteiger partial charge in [0.05, 0.1) is 12.1 Å². The summed E-state index contributed by atoms with van der Waals surface area (Å²) >= 11 is 0. The molecular formula is C18H16N4O. The largest absolute Gasteiger partial charge is 0.395 e. The van der Waals surface area contributed by atoms with Gasteiger partial charge >= 0.3 is 0 Å². The monoisotopic (exact) mass is 304 g/mol. The molecule has 3 N–H and O–H groups in total. The molecule has 0 aliphatic carbocycles. The smallest absolute Gasteiger partial charge is 0.137 e. The fourth-order valence-electron chi connectivity index (χ4n) is 2.88. The molecule has 114 valence electrons. The van der Waals surface area contributed by atoms with Crippen LogP contribution < -0.4 is 5.32 Å². The van der Waals surface area contributed by atoms with Crippen molar-refractivity contribution in [2.24, 2.45) is 0 Å². The van der Waals surface area contributed by atoms with E-state index in [4.69, 9.17) is 5.11 Å². The molecule has 0 atom stereocenters. The molecule has 0 unspecified atom stereocenters. The fraction of sp³-hybridized carbons (Fsp3) is 0.111. The van der Waals surface area contributed by atoms with E-state index in [1.54, 1.807) is 0 Å². The topological polar surface area (TPSA) is 73.8 Å². The number of fused-ring (bicyclic) bond motifs is 2. The molecule has 0 saturated carbocycles. The van der Waals surface area contributed by atoms with Gasteiger partial charge in [-0.15, -0.1) is 0 Å². The Labute approximate surface area is 133 Å². The van der Waals surface area contributed by atoms with Gasteiger partial charge in [0, 0.05) is 29.0 Å². The van der Waals surface area contributed by atoms with Crippen molar-refractivity contribution in [3.63, 3.8) is 0 Å². The molecular weight excluding hydrogens is 288 g/mol. The number of hydrogen-bond donors (Lipinski definition) is 3. The summed E-state index contributed by atoms with van der Waals surface area (Å²) in [6.45, 7) is 0.525. The maximum absolute atomic E-state index is 9.02. The SMILES string of the molecule is OCCNc1ncnc2ccc(-c3cccc4[nH]ccc34)cc12. The number of aliphatic hydroxyl groups is 1. The molecule has 2 aromatic carbocycles. The number of nitrogens with one attached hydrogen (secondary N) is 2. The summed E-state index contributed by atoms with van der Waals surface area (Å²) in [5.74, 6) is 0.743. The van der Waals surface area contributed by atoms with E-state index in [2.05, 4.69) is 50.6 Å². The van der Waals surface area contributed by atoms with Crippen molar-refractivity contribution in [3.05, 3.63) is 55.0 Å². The predicted octanol–water partition coefficient (Wildman–Crippen LogP) is 3.18. The van der Waals surface area contributed by atoms with Crippen LogP contribution in [0.15, 0.2) is 55.0 Å². The van der Waals surface area contributed by atoms with Gasteiger partial charge in [-0.2, -0.15) is 0 Å². The summed E-state index contributed by atoms with van der Waals surface area (Å²) in [6.07, 6.45) is 3.49. The third kappa shape index (κ3) is 2.41. The second-order valence-electron chi connectivity index (χ2n) is 5.35. The summed E-state index contributed by atoms with van der Waals surface area (Å²) < 4.78 is 0. The highest BCUT2D eigenvalue weighted by molar-refractivity contribution is 5.99. The van der Waals surface area contributed by atoms with Crippen molar-refractivity contribution in [2.75, 3.05) is 18.5 Å². The second kappa shape index (κ2) is 5.70. The molecule has 0 aliphatic heterocycles. The van der Waals surface area contributed by atoms with Crippen LogP contribution in [0.5, 0.6) is 0 Å². The van der Waals surface area contributed by atoms with E-state index >= 15 is 0 Å². The van der Waals surface area contributed by atoms with Crippen molar-refractivity contribution < 1.29 is 5.11 Å². The predicted molar refractivity (Wildman–Crippen MR) is 92.4 cm³/mol. The van der Waals surface area contributed by atoms with Crippen molar-refractivity contribution in [2.45, 2.75) is 0 Å². The standard InChI is InChI=1S/C18H16N4O/c23-9-8-20-18-15-10-12(4-5-17(15)21-11-22-18)13-2-1-3-16-14(13)6-7-19-16/h1-7,10-11,19,23H,8-9H2,(H,20,21,22). The number of benzene rings is 2. The van der Waals surface area contributed by atoms with Gasteiger partial charge in [-0.3, -0.25) is 0 Å². The van der Waals surface area contributed by atoms with Crippen molar-refractivity contribution in [3.8, 4) is 11.1 Å². The maximum Gasteiger partial charge on any atom is 0.137 e. The van der Waals surface area contributed by atoms with Gasteiger partial charge in [0.2, 0.25) is 0 Å². The summed E-state index contributed by atoms with van der Waals surface area (Å²) in [7, 11) is 0. The lowest BCUT2D eigenvalue weighted by atomic mass is 10.00. The van der Waals surface area contributed by atoms with Crippen LogP contribution in [0.1, 0.15) is 0 Å². The number of aromatic nitrogens is 3. The molecule has 0 amide bonds. The number of nitrogens with zero attached hydrogens (tertiary/aromatic N) is 2. The molecule has 0 aliphatic rings. The van der Waals surface area contributed by atoms with Crippen molar-refractivity contribution in [1.29, 1.82) is 0 Å². The lowest BCUT2D eigenvalue weighted by Crippen LogP contribution is -2.07. The number of hydrogen-bond acceptors (Lipinski definition) is 4. The first-order chi connectivity index (χ1) is 11.4. The highest BCUT2D eigenvalue weighted by Gasteiger charge is 2.08. The van der Waals surface area contributed by atoms with Crippen LogP contribution in [0.25, 0.3) is 32.9 Å². The Morgan fingerprint density at radius 3 is 2.91 bits per heavy atom. The van der Waals surface area contributed by atoms with E-state index < -0.39 is 0 Å². The van der Waals surface area contributed by atoms with Crippen LogP contribution in [0.2, 0.25) is 0 Å². The molecule has 2 aromatic heterocycles. The number of rotatable bonds is 4. The van der Waals surface area contributed by atoms with E-state index in [1.807, 2.05) is 18.3 Å². The minimum absolute atomic E-state index is 0.0633. The first-order valence-corrected chi connectivity index (χ1v) is 7.53. The Balaban J connectivity index is 1.89. The average Bonchev–Trinajstić information content (AvgIpc) is 3.08. The lowest BCUT2D eigenvalue weighted by molar-refractivity contribution is 0.311. The van der Waals surface area contributed by atoms with Gasteiger partial charge < -0.3 is 15.4 Å². The zero-order valence-corrected chi connectivity index (χ0v) is 12.5. The van der Waals surface area contributed by atoms with Crippen LogP contribution in [-0.4, -0.2) is 33.2 Å². The molecule has 2 heterocycles. The van der Waals surface area contributed by atoms with Gasteiger partial charge in [0.1, 0.15) is 12.1 Å². The zero-order valence-electron chi connectivity index (χ0n) is 12.5. The molecule has 4 aromatic rings. The molecule has 0 fully saturated rings. The van der Waals surface area contributed by atoms with Crippen molar-refractivity contribution in [1.82, 2.24) is 15.0 Å². The number of anilines is 1. The van der Waals surface area contributed by atoms with Crippen LogP contribution >= 0.6 is 0 Å². The summed E-state index contributed by atoms with van der Waals surface area (Å²) in [5, 5.41) is 14.3. The zero-order chi connectivity index (χ0) is 15.6. The van der Waals surface area contributed by atoms with Gasteiger partial charge in [0.15, 0.2) is 0 Å². The summed E-state index contributed by atoms with van der Waals surface area (Å²) in [4.78, 5) is 11.9. The van der Waals surface area contributed by atoms with Crippen LogP contribution in [0.3, 0.4) is 0 Å². The van der Waals surface area contributed by atoms with Gasteiger partial charge in [-0.1, -0.05) is 18.2 Å². The second-order valence-corrected chi connectivity index (χ2v) is 5.35. The Bertz CT molecular complexity index is 977. The number of aliphatic hydroxyl groups excluding tert-OH is 1. The van der Waals surface area contributed by atoms with E-state index in [0.717, 1.165) is 27.8 Å². The van der Waals surface area contributed by atoms with Gasteiger partial charge in [0.25, 0.3) is 0 Å². The quantitative estimate of drug-likeness (QED) is 0.541. The molecule has 23 heavy (non-hydrogen) atoms. The minimum Gasteiger partial charge on any atom is -0.395 e. The molecule has 4 rings (SSSR count). The van der Waals surface area contributed by atoms with Crippen LogP contribution in [0.4, 0.5) is 5.82 Å². The van der Waals surface area contributed by atoms with E-state index in [-0.39, 0.29) is 6.61 Å². The maximum atomic E-state index is 9.02. The highest BCUT2D eigenvalue weighted by atomic mass is 16.3. The third-order valence-corrected chi connectivity index (χ3v) is 3.95. The van der Waals surface area contributed by atoms with Crippen molar-refractivity contribution >= 4 is 27.6 Å². The number of H-pyrrole nitrogens is 1. The Morgan fingerprint density at radius 2 is 2.00 bits per heavy atom.